The van der Waals surface area contributed by atoms with Crippen LogP contribution in [0.15, 0.2) is 46.8 Å². The minimum absolute atomic E-state index is 0.00226. The lowest BCUT2D eigenvalue weighted by Crippen LogP contribution is -2.38. The topological polar surface area (TPSA) is 109 Å². The number of aliphatic imine (C=N–C) groups is 1. The fourth-order valence-corrected chi connectivity index (χ4v) is 2.70. The van der Waals surface area contributed by atoms with E-state index < -0.39 is 4.92 Å². The molecule has 0 fully saturated rings. The average molecular weight is 378 g/mol. The van der Waals surface area contributed by atoms with Gasteiger partial charge in [0.2, 0.25) is 0 Å². The van der Waals surface area contributed by atoms with E-state index in [0.29, 0.717) is 38.8 Å². The largest absolute Gasteiger partial charge is 0.394 e. The number of thiophene rings is 1. The molecule has 3 N–H and O–H groups in total. The molecule has 8 nitrogen and oxygen atoms in total. The van der Waals surface area contributed by atoms with Gasteiger partial charge in [0, 0.05) is 23.6 Å². The van der Waals surface area contributed by atoms with Crippen LogP contribution in [0.25, 0.3) is 0 Å². The zero-order valence-electron chi connectivity index (χ0n) is 14.3. The van der Waals surface area contributed by atoms with Crippen molar-refractivity contribution in [2.75, 3.05) is 26.4 Å². The number of non-ortho nitro benzene ring substituents is 1. The van der Waals surface area contributed by atoms with Crippen molar-refractivity contribution >= 4 is 23.0 Å². The molecule has 0 saturated heterocycles. The summed E-state index contributed by atoms with van der Waals surface area (Å²) in [5.41, 5.74) is 0.942. The maximum absolute atomic E-state index is 10.7. The van der Waals surface area contributed by atoms with Gasteiger partial charge in [-0.15, -0.1) is 11.3 Å². The fraction of sp³-hybridized carbons (Fsp3) is 0.353. The highest BCUT2D eigenvalue weighted by molar-refractivity contribution is 7.09. The molecule has 2 aromatic rings. The minimum atomic E-state index is -0.422. The number of nitro benzene ring substituents is 1. The molecule has 2 rings (SSSR count). The van der Waals surface area contributed by atoms with Gasteiger partial charge in [-0.1, -0.05) is 18.2 Å². The van der Waals surface area contributed by atoms with Crippen molar-refractivity contribution in [3.63, 3.8) is 0 Å². The molecule has 0 unspecified atom stereocenters. The Kier molecular flexibility index (Phi) is 8.53. The van der Waals surface area contributed by atoms with Crippen molar-refractivity contribution < 1.29 is 14.8 Å². The van der Waals surface area contributed by atoms with Gasteiger partial charge < -0.3 is 20.5 Å². The second-order valence-corrected chi connectivity index (χ2v) is 6.32. The Morgan fingerprint density at radius 2 is 2.04 bits per heavy atom. The second-order valence-electron chi connectivity index (χ2n) is 5.28. The first-order valence-electron chi connectivity index (χ1n) is 8.15. The van der Waals surface area contributed by atoms with Gasteiger partial charge in [0.25, 0.3) is 5.69 Å². The summed E-state index contributed by atoms with van der Waals surface area (Å²) in [6.45, 7) is 2.36. The van der Waals surface area contributed by atoms with Gasteiger partial charge in [-0.05, 0) is 17.0 Å². The molecular weight excluding hydrogens is 356 g/mol. The number of benzene rings is 1. The molecule has 9 heteroatoms. The summed E-state index contributed by atoms with van der Waals surface area (Å²) in [5.74, 6) is 0.629. The third-order valence-electron chi connectivity index (χ3n) is 3.35. The summed E-state index contributed by atoms with van der Waals surface area (Å²) >= 11 is 1.66. The lowest BCUT2D eigenvalue weighted by atomic mass is 10.2. The van der Waals surface area contributed by atoms with Crippen molar-refractivity contribution in [1.29, 1.82) is 0 Å². The van der Waals surface area contributed by atoms with Crippen molar-refractivity contribution in [2.24, 2.45) is 4.99 Å². The summed E-state index contributed by atoms with van der Waals surface area (Å²) in [5, 5.41) is 27.8. The monoisotopic (exact) mass is 378 g/mol. The summed E-state index contributed by atoms with van der Waals surface area (Å²) in [4.78, 5) is 16.0. The van der Waals surface area contributed by atoms with Crippen LogP contribution in [0.3, 0.4) is 0 Å². The molecular formula is C17H22N4O4S. The maximum Gasteiger partial charge on any atom is 0.269 e. The molecule has 0 radical (unpaired) electrons. The van der Waals surface area contributed by atoms with Crippen LogP contribution in [-0.2, 0) is 17.8 Å². The number of aliphatic hydroxyl groups is 1. The molecule has 0 saturated carbocycles. The predicted molar refractivity (Wildman–Crippen MR) is 101 cm³/mol. The van der Waals surface area contributed by atoms with Crippen LogP contribution in [0, 0.1) is 10.1 Å². The highest BCUT2D eigenvalue weighted by Gasteiger charge is 2.04. The average Bonchev–Trinajstić information content (AvgIpc) is 3.17. The number of nitrogens with one attached hydrogen (secondary N) is 2. The third-order valence-corrected chi connectivity index (χ3v) is 4.23. The summed E-state index contributed by atoms with van der Waals surface area (Å²) in [6, 6.07) is 10.4. The summed E-state index contributed by atoms with van der Waals surface area (Å²) in [6.07, 6.45) is 0. The van der Waals surface area contributed by atoms with Gasteiger partial charge in [-0.3, -0.25) is 10.1 Å². The third kappa shape index (κ3) is 7.18. The molecule has 26 heavy (non-hydrogen) atoms. The predicted octanol–water partition coefficient (Wildman–Crippen LogP) is 1.90. The van der Waals surface area contributed by atoms with E-state index in [1.165, 1.54) is 17.0 Å². The first-order chi connectivity index (χ1) is 12.7. The van der Waals surface area contributed by atoms with Crippen LogP contribution < -0.4 is 10.6 Å². The van der Waals surface area contributed by atoms with Gasteiger partial charge in [0.1, 0.15) is 0 Å². The zero-order valence-corrected chi connectivity index (χ0v) is 15.1. The molecule has 1 aromatic carbocycles. The fourth-order valence-electron chi connectivity index (χ4n) is 2.06. The number of hydrogen-bond donors (Lipinski definition) is 3. The first-order valence-corrected chi connectivity index (χ1v) is 9.03. The first kappa shape index (κ1) is 19.8. The number of hydrogen-bond acceptors (Lipinski definition) is 6. The van der Waals surface area contributed by atoms with Crippen LogP contribution in [0.2, 0.25) is 0 Å². The lowest BCUT2D eigenvalue weighted by molar-refractivity contribution is -0.384. The van der Waals surface area contributed by atoms with Gasteiger partial charge in [-0.2, -0.15) is 0 Å². The van der Waals surface area contributed by atoms with E-state index in [-0.39, 0.29) is 12.3 Å². The number of guanidine groups is 1. The van der Waals surface area contributed by atoms with Crippen LogP contribution in [-0.4, -0.2) is 42.4 Å². The highest BCUT2D eigenvalue weighted by Crippen LogP contribution is 2.12. The summed E-state index contributed by atoms with van der Waals surface area (Å²) < 4.78 is 5.22. The zero-order chi connectivity index (χ0) is 18.6. The van der Waals surface area contributed by atoms with Crippen molar-refractivity contribution in [3.8, 4) is 0 Å². The Morgan fingerprint density at radius 3 is 2.69 bits per heavy atom. The highest BCUT2D eigenvalue weighted by atomic mass is 32.1. The Balaban J connectivity index is 1.91. The van der Waals surface area contributed by atoms with Crippen molar-refractivity contribution in [3.05, 3.63) is 62.3 Å². The molecule has 0 aliphatic heterocycles. The normalized spacial score (nSPS) is 11.3. The van der Waals surface area contributed by atoms with E-state index in [9.17, 15) is 10.1 Å². The van der Waals surface area contributed by atoms with Crippen molar-refractivity contribution in [2.45, 2.75) is 13.1 Å². The van der Waals surface area contributed by atoms with Gasteiger partial charge in [0.05, 0.1) is 37.8 Å². The lowest BCUT2D eigenvalue weighted by Gasteiger charge is -2.12. The van der Waals surface area contributed by atoms with E-state index in [0.717, 1.165) is 5.56 Å². The summed E-state index contributed by atoms with van der Waals surface area (Å²) in [7, 11) is 0. The Morgan fingerprint density at radius 1 is 1.23 bits per heavy atom. The van der Waals surface area contributed by atoms with Crippen LogP contribution >= 0.6 is 11.3 Å². The van der Waals surface area contributed by atoms with E-state index in [4.69, 9.17) is 9.84 Å². The number of ether oxygens (including phenoxy) is 1. The van der Waals surface area contributed by atoms with E-state index in [2.05, 4.69) is 15.6 Å². The SMILES string of the molecule is O=[N+]([O-])c1ccc(CN=C(NCCOCCO)NCc2cccs2)cc1. The Hall–Kier alpha value is -2.49. The Bertz CT molecular complexity index is 689. The van der Waals surface area contributed by atoms with E-state index in [1.807, 2.05) is 17.5 Å². The quantitative estimate of drug-likeness (QED) is 0.192. The Labute approximate surface area is 155 Å². The molecule has 0 spiro atoms. The van der Waals surface area contributed by atoms with Gasteiger partial charge >= 0.3 is 0 Å². The standard InChI is InChI=1S/C17H22N4O4S/c22-8-10-25-9-7-18-17(20-13-16-2-1-11-26-16)19-12-14-3-5-15(6-4-14)21(23)24/h1-6,11,22H,7-10,12-13H2,(H2,18,19,20). The molecule has 0 atom stereocenters. The second kappa shape index (κ2) is 11.2. The molecule has 1 aromatic heterocycles. The number of nitro groups is 1. The molecule has 140 valence electrons. The van der Waals surface area contributed by atoms with Crippen molar-refractivity contribution in [1.82, 2.24) is 10.6 Å². The smallest absolute Gasteiger partial charge is 0.269 e. The molecule has 1 heterocycles. The molecule has 0 aliphatic carbocycles. The number of nitrogens with zero attached hydrogens (tertiary/aromatic N) is 2. The maximum atomic E-state index is 10.7. The van der Waals surface area contributed by atoms with Gasteiger partial charge in [0.15, 0.2) is 5.96 Å². The van der Waals surface area contributed by atoms with E-state index in [1.54, 1.807) is 23.5 Å². The molecule has 0 amide bonds. The number of rotatable bonds is 10. The molecule has 0 bridgehead atoms. The van der Waals surface area contributed by atoms with Crippen LogP contribution in [0.5, 0.6) is 0 Å². The number of aliphatic hydroxyl groups excluding tert-OH is 1. The van der Waals surface area contributed by atoms with Gasteiger partial charge in [-0.25, -0.2) is 4.99 Å². The van der Waals surface area contributed by atoms with Crippen LogP contribution in [0.1, 0.15) is 10.4 Å². The minimum Gasteiger partial charge on any atom is -0.394 e. The molecule has 0 aliphatic rings. The van der Waals surface area contributed by atoms with E-state index >= 15 is 0 Å². The van der Waals surface area contributed by atoms with Crippen LogP contribution in [0.4, 0.5) is 5.69 Å².